The highest BCUT2D eigenvalue weighted by atomic mass is 16.5. The van der Waals surface area contributed by atoms with Crippen molar-refractivity contribution in [2.24, 2.45) is 0 Å². The van der Waals surface area contributed by atoms with Crippen LogP contribution in [0.3, 0.4) is 0 Å². The van der Waals surface area contributed by atoms with Crippen molar-refractivity contribution in [1.29, 1.82) is 0 Å². The van der Waals surface area contributed by atoms with Crippen molar-refractivity contribution in [3.63, 3.8) is 0 Å². The van der Waals surface area contributed by atoms with E-state index in [0.717, 1.165) is 17.9 Å². The van der Waals surface area contributed by atoms with E-state index in [9.17, 15) is 0 Å². The molecule has 18 heavy (non-hydrogen) atoms. The number of aryl methyl sites for hydroxylation is 1. The molecule has 2 rings (SSSR count). The Morgan fingerprint density at radius 2 is 2.17 bits per heavy atom. The Morgan fingerprint density at radius 1 is 1.28 bits per heavy atom. The van der Waals surface area contributed by atoms with E-state index in [1.54, 1.807) is 6.20 Å². The molecule has 96 valence electrons. The SMILES string of the molecule is CCNc1ncc(C)c(NCCc2ncon2)n1. The lowest BCUT2D eigenvalue weighted by atomic mass is 10.3. The average molecular weight is 248 g/mol. The molecular weight excluding hydrogens is 232 g/mol. The predicted molar refractivity (Wildman–Crippen MR) is 67.4 cm³/mol. The smallest absolute Gasteiger partial charge is 0.224 e. The summed E-state index contributed by atoms with van der Waals surface area (Å²) in [5, 5.41) is 10.1. The number of hydrogen-bond acceptors (Lipinski definition) is 7. The standard InChI is InChI=1S/C11H16N6O/c1-3-12-11-14-6-8(2)10(16-11)13-5-4-9-15-7-18-17-9/h6-7H,3-5H2,1-2H3,(H2,12,13,14,16). The molecule has 2 heterocycles. The Kier molecular flexibility index (Phi) is 4.06. The van der Waals surface area contributed by atoms with Crippen LogP contribution in [0, 0.1) is 6.92 Å². The Morgan fingerprint density at radius 3 is 2.89 bits per heavy atom. The largest absolute Gasteiger partial charge is 0.369 e. The van der Waals surface area contributed by atoms with Crippen LogP contribution < -0.4 is 10.6 Å². The second-order valence-electron chi connectivity index (χ2n) is 3.78. The van der Waals surface area contributed by atoms with Crippen molar-refractivity contribution in [1.82, 2.24) is 20.1 Å². The van der Waals surface area contributed by atoms with Gasteiger partial charge in [-0.05, 0) is 13.8 Å². The number of rotatable bonds is 6. The van der Waals surface area contributed by atoms with Crippen LogP contribution in [0.15, 0.2) is 17.1 Å². The summed E-state index contributed by atoms with van der Waals surface area (Å²) in [7, 11) is 0. The van der Waals surface area contributed by atoms with Gasteiger partial charge in [0.2, 0.25) is 12.3 Å². The molecule has 2 aromatic heterocycles. The molecule has 7 heteroatoms. The fourth-order valence-corrected chi connectivity index (χ4v) is 1.46. The predicted octanol–water partition coefficient (Wildman–Crippen LogP) is 1.25. The molecular formula is C11H16N6O. The fourth-order valence-electron chi connectivity index (χ4n) is 1.46. The zero-order valence-electron chi connectivity index (χ0n) is 10.5. The normalized spacial score (nSPS) is 10.3. The number of nitrogens with one attached hydrogen (secondary N) is 2. The molecule has 0 aliphatic rings. The minimum Gasteiger partial charge on any atom is -0.369 e. The van der Waals surface area contributed by atoms with Crippen molar-refractivity contribution in [3.8, 4) is 0 Å². The highest BCUT2D eigenvalue weighted by Crippen LogP contribution is 2.12. The molecule has 0 atom stereocenters. The van der Waals surface area contributed by atoms with Gasteiger partial charge >= 0.3 is 0 Å². The van der Waals surface area contributed by atoms with E-state index >= 15 is 0 Å². The third-order valence-corrected chi connectivity index (χ3v) is 2.35. The average Bonchev–Trinajstić information content (AvgIpc) is 2.86. The molecule has 2 N–H and O–H groups in total. The first-order valence-corrected chi connectivity index (χ1v) is 5.86. The minimum absolute atomic E-state index is 0.630. The lowest BCUT2D eigenvalue weighted by Crippen LogP contribution is -2.11. The van der Waals surface area contributed by atoms with Gasteiger partial charge in [0, 0.05) is 31.3 Å². The van der Waals surface area contributed by atoms with Gasteiger partial charge in [0.1, 0.15) is 5.82 Å². The highest BCUT2D eigenvalue weighted by Gasteiger charge is 2.04. The van der Waals surface area contributed by atoms with Gasteiger partial charge in [-0.25, -0.2) is 4.98 Å². The molecule has 0 aromatic carbocycles. The summed E-state index contributed by atoms with van der Waals surface area (Å²) < 4.78 is 4.67. The minimum atomic E-state index is 0.630. The van der Waals surface area contributed by atoms with E-state index < -0.39 is 0 Å². The highest BCUT2D eigenvalue weighted by molar-refractivity contribution is 5.46. The fraction of sp³-hybridized carbons (Fsp3) is 0.455. The lowest BCUT2D eigenvalue weighted by molar-refractivity contribution is 0.410. The van der Waals surface area contributed by atoms with Crippen LogP contribution in [0.4, 0.5) is 11.8 Å². The van der Waals surface area contributed by atoms with Gasteiger partial charge < -0.3 is 15.2 Å². The topological polar surface area (TPSA) is 88.8 Å². The van der Waals surface area contributed by atoms with Gasteiger partial charge in [0.15, 0.2) is 5.82 Å². The first-order chi connectivity index (χ1) is 8.79. The Bertz CT molecular complexity index is 484. The Balaban J connectivity index is 1.93. The summed E-state index contributed by atoms with van der Waals surface area (Å²) >= 11 is 0. The van der Waals surface area contributed by atoms with Crippen molar-refractivity contribution in [3.05, 3.63) is 24.0 Å². The number of nitrogens with zero attached hydrogens (tertiary/aromatic N) is 4. The summed E-state index contributed by atoms with van der Waals surface area (Å²) in [5.74, 6) is 2.13. The third-order valence-electron chi connectivity index (χ3n) is 2.35. The number of anilines is 2. The van der Waals surface area contributed by atoms with Crippen molar-refractivity contribution < 1.29 is 4.52 Å². The first kappa shape index (κ1) is 12.3. The van der Waals surface area contributed by atoms with Gasteiger partial charge in [-0.3, -0.25) is 0 Å². The van der Waals surface area contributed by atoms with E-state index in [1.165, 1.54) is 6.39 Å². The number of aromatic nitrogens is 4. The van der Waals surface area contributed by atoms with Gasteiger partial charge in [-0.2, -0.15) is 9.97 Å². The van der Waals surface area contributed by atoms with Crippen LogP contribution >= 0.6 is 0 Å². The molecule has 0 saturated carbocycles. The van der Waals surface area contributed by atoms with E-state index in [0.29, 0.717) is 24.7 Å². The van der Waals surface area contributed by atoms with Crippen molar-refractivity contribution in [2.45, 2.75) is 20.3 Å². The summed E-state index contributed by atoms with van der Waals surface area (Å²) in [6.07, 6.45) is 3.81. The van der Waals surface area contributed by atoms with E-state index in [-0.39, 0.29) is 0 Å². The Labute approximate surface area is 105 Å². The maximum Gasteiger partial charge on any atom is 0.224 e. The van der Waals surface area contributed by atoms with E-state index in [4.69, 9.17) is 0 Å². The van der Waals surface area contributed by atoms with E-state index in [1.807, 2.05) is 13.8 Å². The molecule has 0 spiro atoms. The van der Waals surface area contributed by atoms with Crippen LogP contribution in [0.5, 0.6) is 0 Å². The third kappa shape index (κ3) is 3.16. The van der Waals surface area contributed by atoms with Gasteiger partial charge in [0.25, 0.3) is 0 Å². The molecule has 0 aliphatic carbocycles. The summed E-state index contributed by atoms with van der Waals surface area (Å²) in [6, 6.07) is 0. The van der Waals surface area contributed by atoms with Crippen LogP contribution in [0.1, 0.15) is 18.3 Å². The van der Waals surface area contributed by atoms with Gasteiger partial charge in [-0.1, -0.05) is 5.16 Å². The zero-order chi connectivity index (χ0) is 12.8. The molecule has 0 fully saturated rings. The molecule has 0 unspecified atom stereocenters. The maximum atomic E-state index is 4.67. The van der Waals surface area contributed by atoms with Crippen molar-refractivity contribution >= 4 is 11.8 Å². The molecule has 0 aliphatic heterocycles. The second-order valence-corrected chi connectivity index (χ2v) is 3.78. The van der Waals surface area contributed by atoms with E-state index in [2.05, 4.69) is 35.3 Å². The summed E-state index contributed by atoms with van der Waals surface area (Å²) in [5.41, 5.74) is 1.00. The lowest BCUT2D eigenvalue weighted by Gasteiger charge is -2.09. The summed E-state index contributed by atoms with van der Waals surface area (Å²) in [4.78, 5) is 12.5. The molecule has 0 amide bonds. The second kappa shape index (κ2) is 5.95. The molecule has 0 bridgehead atoms. The quantitative estimate of drug-likeness (QED) is 0.795. The molecule has 7 nitrogen and oxygen atoms in total. The van der Waals surface area contributed by atoms with Crippen molar-refractivity contribution in [2.75, 3.05) is 23.7 Å². The molecule has 0 radical (unpaired) electrons. The molecule has 2 aromatic rings. The Hall–Kier alpha value is -2.18. The zero-order valence-corrected chi connectivity index (χ0v) is 10.5. The van der Waals surface area contributed by atoms with Crippen LogP contribution in [-0.4, -0.2) is 33.2 Å². The van der Waals surface area contributed by atoms with Gasteiger partial charge in [-0.15, -0.1) is 0 Å². The van der Waals surface area contributed by atoms with Crippen LogP contribution in [-0.2, 0) is 6.42 Å². The monoisotopic (exact) mass is 248 g/mol. The maximum absolute atomic E-state index is 4.67. The van der Waals surface area contributed by atoms with Gasteiger partial charge in [0.05, 0.1) is 0 Å². The molecule has 0 saturated heterocycles. The van der Waals surface area contributed by atoms with Crippen LogP contribution in [0.25, 0.3) is 0 Å². The number of hydrogen-bond donors (Lipinski definition) is 2. The first-order valence-electron chi connectivity index (χ1n) is 5.86. The van der Waals surface area contributed by atoms with Crippen LogP contribution in [0.2, 0.25) is 0 Å². The summed E-state index contributed by atoms with van der Waals surface area (Å²) in [6.45, 7) is 5.47.